The molecule has 12 nitrogen and oxygen atoms in total. The van der Waals surface area contributed by atoms with Crippen molar-refractivity contribution in [1.82, 2.24) is 19.8 Å². The van der Waals surface area contributed by atoms with Crippen LogP contribution in [0.15, 0.2) is 131 Å². The van der Waals surface area contributed by atoms with Crippen LogP contribution < -0.4 is 14.9 Å². The molecule has 6 aromatic rings. The molecule has 3 heterocycles. The number of hydrogen-bond donors (Lipinski definition) is 2. The van der Waals surface area contributed by atoms with E-state index in [2.05, 4.69) is 97.1 Å². The smallest absolute Gasteiger partial charge is 0.293 e. The van der Waals surface area contributed by atoms with Crippen LogP contribution in [0.4, 0.5) is 22.9 Å². The number of piperazine rings is 1. The van der Waals surface area contributed by atoms with Gasteiger partial charge in [0.25, 0.3) is 15.7 Å². The number of thioether (sulfide) groups is 1. The summed E-state index contributed by atoms with van der Waals surface area (Å²) in [5.41, 5.74) is 5.13. The molecule has 1 unspecified atom stereocenters. The second-order valence-electron chi connectivity index (χ2n) is 16.2. The monoisotopic (exact) mass is 890 g/mol. The van der Waals surface area contributed by atoms with E-state index in [1.54, 1.807) is 11.8 Å². The third kappa shape index (κ3) is 10.3. The number of rotatable bonds is 16. The molecule has 322 valence electrons. The van der Waals surface area contributed by atoms with Crippen LogP contribution in [-0.4, -0.2) is 89.7 Å². The first-order chi connectivity index (χ1) is 30.0. The topological polar surface area (TPSA) is 137 Å². The van der Waals surface area contributed by atoms with Gasteiger partial charge < -0.3 is 10.2 Å². The van der Waals surface area contributed by atoms with Crippen molar-refractivity contribution in [2.24, 2.45) is 0 Å². The Morgan fingerprint density at radius 1 is 0.871 bits per heavy atom. The Morgan fingerprint density at radius 3 is 2.34 bits per heavy atom. The first-order valence-corrected chi connectivity index (χ1v) is 23.9. The Labute approximate surface area is 372 Å². The summed E-state index contributed by atoms with van der Waals surface area (Å²) >= 11 is 7.84. The summed E-state index contributed by atoms with van der Waals surface area (Å²) < 4.78 is 30.3. The maximum atomic E-state index is 13.9. The molecule has 3 atom stereocenters. The van der Waals surface area contributed by atoms with Gasteiger partial charge in [0.15, 0.2) is 5.82 Å². The van der Waals surface area contributed by atoms with Crippen molar-refractivity contribution in [2.45, 2.75) is 67.6 Å². The molecule has 62 heavy (non-hydrogen) atoms. The number of likely N-dealkylation sites (tertiary alicyclic amines) is 1. The molecule has 0 aliphatic carbocycles. The second kappa shape index (κ2) is 19.4. The molecule has 2 N–H and O–H groups in total. The number of nitro groups is 1. The number of nitro benzene ring substituents is 1. The van der Waals surface area contributed by atoms with Gasteiger partial charge in [-0.3, -0.25) is 24.6 Å². The van der Waals surface area contributed by atoms with Crippen molar-refractivity contribution in [3.63, 3.8) is 0 Å². The number of nitrogens with zero attached hydrogens (tertiary/aromatic N) is 6. The van der Waals surface area contributed by atoms with Gasteiger partial charge in [0.2, 0.25) is 0 Å². The van der Waals surface area contributed by atoms with Crippen LogP contribution in [0.2, 0.25) is 5.02 Å². The van der Waals surface area contributed by atoms with Gasteiger partial charge in [-0.1, -0.05) is 66.2 Å². The highest BCUT2D eigenvalue weighted by Gasteiger charge is 2.29. The summed E-state index contributed by atoms with van der Waals surface area (Å²) in [6.45, 7) is 9.54. The molecule has 2 aliphatic rings. The summed E-state index contributed by atoms with van der Waals surface area (Å²) in [5, 5.41) is 17.2. The number of hydrogen-bond acceptors (Lipinski definition) is 11. The van der Waals surface area contributed by atoms with Crippen molar-refractivity contribution >= 4 is 67.2 Å². The molecule has 0 bridgehead atoms. The molecular formula is C47H51ClN8O4S2. The SMILES string of the molecule is C[C@@H]1CC[C@H](C)N1CCC(CSc1ccccc1)Nc1ccc(S(=O)(=O)Nc2ncnc3cc(N4CCN(Cc5ccccc5-c5ccc(Cl)cc5)CC4)ccc23)cc1[N+](=O)[O-]. The van der Waals surface area contributed by atoms with Crippen LogP contribution in [0.3, 0.4) is 0 Å². The fourth-order valence-electron chi connectivity index (χ4n) is 8.56. The molecule has 0 amide bonds. The second-order valence-corrected chi connectivity index (χ2v) is 19.4. The van der Waals surface area contributed by atoms with Gasteiger partial charge in [0, 0.05) is 90.2 Å². The largest absolute Gasteiger partial charge is 0.376 e. The maximum absolute atomic E-state index is 13.9. The van der Waals surface area contributed by atoms with Crippen molar-refractivity contribution in [1.29, 1.82) is 0 Å². The van der Waals surface area contributed by atoms with Gasteiger partial charge in [-0.2, -0.15) is 0 Å². The van der Waals surface area contributed by atoms with Gasteiger partial charge in [0.05, 0.1) is 15.3 Å². The van der Waals surface area contributed by atoms with Crippen LogP contribution in [0.1, 0.15) is 38.7 Å². The first kappa shape index (κ1) is 43.4. The van der Waals surface area contributed by atoms with Crippen molar-refractivity contribution in [3.8, 4) is 11.1 Å². The van der Waals surface area contributed by atoms with Crippen LogP contribution in [0.25, 0.3) is 22.0 Å². The molecule has 5 aromatic carbocycles. The normalized spacial score (nSPS) is 17.9. The lowest BCUT2D eigenvalue weighted by Crippen LogP contribution is -2.46. The Bertz CT molecular complexity index is 2600. The number of sulfonamides is 1. The zero-order valence-corrected chi connectivity index (χ0v) is 37.2. The van der Waals surface area contributed by atoms with Crippen molar-refractivity contribution in [2.75, 3.05) is 53.4 Å². The van der Waals surface area contributed by atoms with E-state index in [0.717, 1.165) is 80.7 Å². The van der Waals surface area contributed by atoms with Gasteiger partial charge in [0.1, 0.15) is 12.0 Å². The van der Waals surface area contributed by atoms with E-state index in [4.69, 9.17) is 11.6 Å². The molecule has 8 rings (SSSR count). The first-order valence-electron chi connectivity index (χ1n) is 21.1. The highest BCUT2D eigenvalue weighted by Crippen LogP contribution is 2.33. The average Bonchev–Trinajstić information content (AvgIpc) is 3.61. The lowest BCUT2D eigenvalue weighted by atomic mass is 9.99. The number of aromatic nitrogens is 2. The zero-order chi connectivity index (χ0) is 43.2. The van der Waals surface area contributed by atoms with E-state index >= 15 is 0 Å². The molecule has 0 radical (unpaired) electrons. The number of fused-ring (bicyclic) bond motifs is 1. The standard InChI is InChI=1S/C47H51ClN8O4S2/c1-33-12-13-34(2)55(33)23-22-38(31-61-40-9-4-3-5-10-40)51-44-21-19-41(29-46(44)56(57)58)62(59,60)52-47-43-20-18-39(28-45(43)49-32-50-47)54-26-24-53(25-27-54)30-36-8-6-7-11-42(36)35-14-16-37(48)17-15-35/h3-11,14-21,28-29,32-34,38,51H,12-13,22-27,30-31H2,1-2H3,(H,49,50,52)/t33-,34+,38?. The van der Waals surface area contributed by atoms with E-state index in [1.807, 2.05) is 48.5 Å². The quantitative estimate of drug-likeness (QED) is 0.0546. The van der Waals surface area contributed by atoms with Crippen LogP contribution in [0.5, 0.6) is 0 Å². The fraction of sp³-hybridized carbons (Fsp3) is 0.319. The van der Waals surface area contributed by atoms with E-state index < -0.39 is 14.9 Å². The van der Waals surface area contributed by atoms with Crippen molar-refractivity contribution in [3.05, 3.63) is 142 Å². The van der Waals surface area contributed by atoms with Gasteiger partial charge in [-0.15, -0.1) is 11.8 Å². The summed E-state index contributed by atoms with van der Waals surface area (Å²) in [6.07, 6.45) is 4.40. The number of halogens is 1. The fourth-order valence-corrected chi connectivity index (χ4v) is 10.7. The number of benzene rings is 5. The van der Waals surface area contributed by atoms with Gasteiger partial charge in [-0.25, -0.2) is 18.4 Å². The molecule has 15 heteroatoms. The summed E-state index contributed by atoms with van der Waals surface area (Å²) in [5.74, 6) is 0.776. The van der Waals surface area contributed by atoms with Crippen LogP contribution >= 0.6 is 23.4 Å². The molecule has 2 saturated heterocycles. The molecule has 0 spiro atoms. The average molecular weight is 892 g/mol. The Morgan fingerprint density at radius 2 is 1.60 bits per heavy atom. The molecule has 2 aliphatic heterocycles. The summed E-state index contributed by atoms with van der Waals surface area (Å²) in [7, 11) is -4.28. The van der Waals surface area contributed by atoms with E-state index in [9.17, 15) is 18.5 Å². The third-order valence-corrected chi connectivity index (χ3v) is 14.8. The third-order valence-electron chi connectivity index (χ3n) is 12.1. The molecule has 2 fully saturated rings. The minimum Gasteiger partial charge on any atom is -0.376 e. The predicted octanol–water partition coefficient (Wildman–Crippen LogP) is 9.82. The van der Waals surface area contributed by atoms with E-state index in [1.165, 1.54) is 29.6 Å². The Kier molecular flexibility index (Phi) is 13.6. The lowest BCUT2D eigenvalue weighted by Gasteiger charge is -2.36. The molecule has 1 aromatic heterocycles. The Balaban J connectivity index is 0.940. The highest BCUT2D eigenvalue weighted by atomic mass is 35.5. The maximum Gasteiger partial charge on any atom is 0.293 e. The number of nitrogens with one attached hydrogen (secondary N) is 2. The van der Waals surface area contributed by atoms with Crippen LogP contribution in [0, 0.1) is 10.1 Å². The lowest BCUT2D eigenvalue weighted by molar-refractivity contribution is -0.384. The number of anilines is 3. The van der Waals surface area contributed by atoms with E-state index in [-0.39, 0.29) is 28.1 Å². The van der Waals surface area contributed by atoms with Gasteiger partial charge in [-0.05, 0) is 104 Å². The minimum absolute atomic E-state index is 0.0962. The van der Waals surface area contributed by atoms with Crippen LogP contribution in [-0.2, 0) is 16.6 Å². The zero-order valence-electron chi connectivity index (χ0n) is 34.9. The summed E-state index contributed by atoms with van der Waals surface area (Å²) in [6, 6.07) is 37.1. The highest BCUT2D eigenvalue weighted by molar-refractivity contribution is 7.99. The summed E-state index contributed by atoms with van der Waals surface area (Å²) in [4.78, 5) is 28.9. The van der Waals surface area contributed by atoms with E-state index in [0.29, 0.717) is 33.8 Å². The molecular weight excluding hydrogens is 840 g/mol. The molecule has 0 saturated carbocycles. The Hall–Kier alpha value is -5.25. The van der Waals surface area contributed by atoms with Gasteiger partial charge >= 0.3 is 0 Å². The predicted molar refractivity (Wildman–Crippen MR) is 252 cm³/mol. The van der Waals surface area contributed by atoms with Crippen molar-refractivity contribution < 1.29 is 13.3 Å². The minimum atomic E-state index is -4.28.